The molecule has 0 aliphatic heterocycles. The second-order valence-electron chi connectivity index (χ2n) is 10.1. The van der Waals surface area contributed by atoms with Crippen molar-refractivity contribution in [3.05, 3.63) is 100 Å². The van der Waals surface area contributed by atoms with Gasteiger partial charge in [-0.2, -0.15) is 0 Å². The quantitative estimate of drug-likeness (QED) is 0.277. The molecule has 9 heteroatoms. The molecule has 3 aromatic carbocycles. The predicted molar refractivity (Wildman–Crippen MR) is 162 cm³/mol. The minimum Gasteiger partial charge on any atom is -0.354 e. The number of halogens is 1. The van der Waals surface area contributed by atoms with Gasteiger partial charge in [0.15, 0.2) is 0 Å². The van der Waals surface area contributed by atoms with Crippen LogP contribution in [0, 0.1) is 13.8 Å². The van der Waals surface area contributed by atoms with Crippen LogP contribution in [0.25, 0.3) is 0 Å². The molecule has 3 rings (SSSR count). The fourth-order valence-electron chi connectivity index (χ4n) is 4.40. The van der Waals surface area contributed by atoms with Gasteiger partial charge in [-0.3, -0.25) is 13.9 Å². The highest BCUT2D eigenvalue weighted by molar-refractivity contribution is 7.92. The molecule has 0 bridgehead atoms. The molecule has 0 unspecified atom stereocenters. The molecule has 0 saturated heterocycles. The van der Waals surface area contributed by atoms with Crippen molar-refractivity contribution < 1.29 is 18.0 Å². The fraction of sp³-hybridized carbons (Fsp3) is 0.355. The third-order valence-electron chi connectivity index (χ3n) is 6.69. The molecule has 0 spiro atoms. The molecule has 0 aliphatic rings. The van der Waals surface area contributed by atoms with Crippen LogP contribution in [0.4, 0.5) is 5.69 Å². The first-order chi connectivity index (χ1) is 19.0. The topological polar surface area (TPSA) is 86.8 Å². The standard InChI is InChI=1S/C31H38ClN3O4S/c1-5-6-18-33-31(37)29(19-25-10-8-7-9-11-25)34(21-26-15-12-23(2)13-16-26)30(36)22-35(40(4,38)39)28-20-27(32)17-14-24(28)3/h7-17,20,29H,5-6,18-19,21-22H2,1-4H3,(H,33,37)/t29-/m1/s1. The van der Waals surface area contributed by atoms with Crippen molar-refractivity contribution in [1.82, 2.24) is 10.2 Å². The number of benzene rings is 3. The summed E-state index contributed by atoms with van der Waals surface area (Å²) in [5.74, 6) is -0.764. The van der Waals surface area contributed by atoms with Crippen molar-refractivity contribution in [2.45, 2.75) is 52.6 Å². The van der Waals surface area contributed by atoms with Gasteiger partial charge in [0.05, 0.1) is 11.9 Å². The zero-order chi connectivity index (χ0) is 29.3. The second-order valence-corrected chi connectivity index (χ2v) is 12.4. The van der Waals surface area contributed by atoms with Crippen LogP contribution in [-0.4, -0.2) is 50.5 Å². The summed E-state index contributed by atoms with van der Waals surface area (Å²) in [4.78, 5) is 29.2. The maximum atomic E-state index is 14.1. The summed E-state index contributed by atoms with van der Waals surface area (Å²) in [6.45, 7) is 5.94. The Balaban J connectivity index is 2.05. The molecule has 3 aromatic rings. The molecule has 0 radical (unpaired) electrons. The van der Waals surface area contributed by atoms with Gasteiger partial charge in [0.2, 0.25) is 21.8 Å². The van der Waals surface area contributed by atoms with E-state index in [1.165, 1.54) is 11.0 Å². The van der Waals surface area contributed by atoms with Crippen LogP contribution in [-0.2, 0) is 32.6 Å². The minimum absolute atomic E-state index is 0.143. The van der Waals surface area contributed by atoms with Crippen LogP contribution in [0.3, 0.4) is 0 Å². The number of nitrogens with zero attached hydrogens (tertiary/aromatic N) is 2. The zero-order valence-corrected chi connectivity index (χ0v) is 25.1. The number of rotatable bonds is 13. The van der Waals surface area contributed by atoms with E-state index < -0.39 is 28.5 Å². The Bertz CT molecular complexity index is 1400. The number of hydrogen-bond donors (Lipinski definition) is 1. The summed E-state index contributed by atoms with van der Waals surface area (Å²) in [5, 5.41) is 3.34. The molecule has 0 aromatic heterocycles. The molecule has 1 N–H and O–H groups in total. The van der Waals surface area contributed by atoms with E-state index in [0.717, 1.165) is 40.1 Å². The third kappa shape index (κ3) is 8.83. The van der Waals surface area contributed by atoms with E-state index in [4.69, 9.17) is 11.6 Å². The summed E-state index contributed by atoms with van der Waals surface area (Å²) in [6.07, 6.45) is 3.07. The summed E-state index contributed by atoms with van der Waals surface area (Å²) < 4.78 is 27.0. The van der Waals surface area contributed by atoms with Crippen LogP contribution in [0.15, 0.2) is 72.8 Å². The number of hydrogen-bond acceptors (Lipinski definition) is 4. The number of aryl methyl sites for hydroxylation is 2. The predicted octanol–water partition coefficient (Wildman–Crippen LogP) is 5.28. The monoisotopic (exact) mass is 583 g/mol. The van der Waals surface area contributed by atoms with Gasteiger partial charge in [0.25, 0.3) is 0 Å². The Labute approximate surface area is 243 Å². The van der Waals surface area contributed by atoms with Crippen molar-refractivity contribution in [3.63, 3.8) is 0 Å². The van der Waals surface area contributed by atoms with Gasteiger partial charge in [0.1, 0.15) is 12.6 Å². The van der Waals surface area contributed by atoms with Crippen LogP contribution in [0.5, 0.6) is 0 Å². The number of carbonyl (C=O) groups is 2. The Hall–Kier alpha value is -3.36. The Morgan fingerprint density at radius 2 is 1.62 bits per heavy atom. The van der Waals surface area contributed by atoms with Crippen LogP contribution in [0.2, 0.25) is 5.02 Å². The van der Waals surface area contributed by atoms with Crippen LogP contribution < -0.4 is 9.62 Å². The first-order valence-electron chi connectivity index (χ1n) is 13.4. The summed E-state index contributed by atoms with van der Waals surface area (Å²) >= 11 is 6.20. The van der Waals surface area contributed by atoms with Gasteiger partial charge in [-0.25, -0.2) is 8.42 Å². The summed E-state index contributed by atoms with van der Waals surface area (Å²) in [5.41, 5.74) is 3.78. The molecule has 1 atom stereocenters. The van der Waals surface area contributed by atoms with E-state index in [1.807, 2.05) is 68.4 Å². The molecule has 0 saturated carbocycles. The third-order valence-corrected chi connectivity index (χ3v) is 8.05. The van der Waals surface area contributed by atoms with Crippen molar-refractivity contribution in [2.24, 2.45) is 0 Å². The first kappa shape index (κ1) is 31.2. The largest absolute Gasteiger partial charge is 0.354 e. The normalized spacial score (nSPS) is 12.0. The highest BCUT2D eigenvalue weighted by Crippen LogP contribution is 2.27. The maximum absolute atomic E-state index is 14.1. The highest BCUT2D eigenvalue weighted by atomic mass is 35.5. The minimum atomic E-state index is -3.86. The van der Waals surface area contributed by atoms with Gasteiger partial charge in [-0.1, -0.05) is 91.2 Å². The average molecular weight is 584 g/mol. The smallest absolute Gasteiger partial charge is 0.244 e. The number of anilines is 1. The van der Waals surface area contributed by atoms with Crippen molar-refractivity contribution >= 4 is 39.1 Å². The SMILES string of the molecule is CCCCNC(=O)[C@@H](Cc1ccccc1)N(Cc1ccc(C)cc1)C(=O)CN(c1cc(Cl)ccc1C)S(C)(=O)=O. The molecule has 40 heavy (non-hydrogen) atoms. The highest BCUT2D eigenvalue weighted by Gasteiger charge is 2.33. The number of sulfonamides is 1. The van der Waals surface area contributed by atoms with Gasteiger partial charge >= 0.3 is 0 Å². The summed E-state index contributed by atoms with van der Waals surface area (Å²) in [6, 6.07) is 21.3. The molecule has 7 nitrogen and oxygen atoms in total. The first-order valence-corrected chi connectivity index (χ1v) is 15.6. The lowest BCUT2D eigenvalue weighted by molar-refractivity contribution is -0.140. The van der Waals surface area contributed by atoms with Crippen molar-refractivity contribution in [3.8, 4) is 0 Å². The van der Waals surface area contributed by atoms with Crippen molar-refractivity contribution in [1.29, 1.82) is 0 Å². The Morgan fingerprint density at radius 1 is 0.950 bits per heavy atom. The molecule has 0 heterocycles. The van der Waals surface area contributed by atoms with Crippen LogP contribution in [0.1, 0.15) is 42.0 Å². The van der Waals surface area contributed by atoms with Gasteiger partial charge < -0.3 is 10.2 Å². The van der Waals surface area contributed by atoms with Gasteiger partial charge in [0, 0.05) is 24.5 Å². The molecular weight excluding hydrogens is 546 g/mol. The Kier molecular flexibility index (Phi) is 11.2. The Morgan fingerprint density at radius 3 is 2.25 bits per heavy atom. The molecule has 0 aliphatic carbocycles. The summed E-state index contributed by atoms with van der Waals surface area (Å²) in [7, 11) is -3.86. The second kappa shape index (κ2) is 14.3. The van der Waals surface area contributed by atoms with E-state index in [2.05, 4.69) is 5.32 Å². The molecule has 214 valence electrons. The number of amides is 2. The van der Waals surface area contributed by atoms with E-state index in [0.29, 0.717) is 22.8 Å². The van der Waals surface area contributed by atoms with E-state index >= 15 is 0 Å². The van der Waals surface area contributed by atoms with Gasteiger partial charge in [-0.05, 0) is 49.1 Å². The van der Waals surface area contributed by atoms with Gasteiger partial charge in [-0.15, -0.1) is 0 Å². The van der Waals surface area contributed by atoms with E-state index in [9.17, 15) is 18.0 Å². The lowest BCUT2D eigenvalue weighted by Crippen LogP contribution is -2.53. The molecular formula is C31H38ClN3O4S. The number of unbranched alkanes of at least 4 members (excludes halogenated alkanes) is 1. The average Bonchev–Trinajstić information content (AvgIpc) is 2.91. The fourth-order valence-corrected chi connectivity index (χ4v) is 5.46. The number of nitrogens with one attached hydrogen (secondary N) is 1. The van der Waals surface area contributed by atoms with Crippen LogP contribution >= 0.6 is 11.6 Å². The maximum Gasteiger partial charge on any atom is 0.244 e. The lowest BCUT2D eigenvalue weighted by atomic mass is 10.0. The molecule has 2 amide bonds. The van der Waals surface area contributed by atoms with E-state index in [-0.39, 0.29) is 18.9 Å². The lowest BCUT2D eigenvalue weighted by Gasteiger charge is -2.34. The van der Waals surface area contributed by atoms with E-state index in [1.54, 1.807) is 19.1 Å². The van der Waals surface area contributed by atoms with Crippen molar-refractivity contribution in [2.75, 3.05) is 23.7 Å². The zero-order valence-electron chi connectivity index (χ0n) is 23.6. The number of carbonyl (C=O) groups excluding carboxylic acids is 2. The molecule has 0 fully saturated rings.